The number of carbonyl (C=O) groups is 2. The molecule has 0 spiro atoms. The van der Waals surface area contributed by atoms with Gasteiger partial charge in [0.2, 0.25) is 0 Å². The zero-order valence-electron chi connectivity index (χ0n) is 12.6. The molecule has 0 saturated carbocycles. The highest BCUT2D eigenvalue weighted by molar-refractivity contribution is 6.33. The highest BCUT2D eigenvalue weighted by Crippen LogP contribution is 2.23. The average Bonchev–Trinajstić information content (AvgIpc) is 2.82. The van der Waals surface area contributed by atoms with Crippen LogP contribution in [0.25, 0.3) is 5.69 Å². The first-order valence-corrected chi connectivity index (χ1v) is 7.18. The second kappa shape index (κ2) is 7.23. The summed E-state index contributed by atoms with van der Waals surface area (Å²) in [6.07, 6.45) is 0.0605. The van der Waals surface area contributed by atoms with Crippen LogP contribution in [0.4, 0.5) is 4.39 Å². The van der Waals surface area contributed by atoms with Crippen LogP contribution in [0.15, 0.2) is 24.3 Å². The van der Waals surface area contributed by atoms with Gasteiger partial charge in [-0.15, -0.1) is 0 Å². The lowest BCUT2D eigenvalue weighted by atomic mass is 10.2. The summed E-state index contributed by atoms with van der Waals surface area (Å²) < 4.78 is 18.8. The van der Waals surface area contributed by atoms with Gasteiger partial charge in [0.15, 0.2) is 0 Å². The van der Waals surface area contributed by atoms with Gasteiger partial charge in [-0.1, -0.05) is 11.6 Å². The molecule has 0 atom stereocenters. The molecule has 2 aromatic rings. The lowest BCUT2D eigenvalue weighted by molar-refractivity contribution is -0.140. The van der Waals surface area contributed by atoms with Crippen molar-refractivity contribution in [3.05, 3.63) is 46.5 Å². The molecule has 1 aromatic heterocycles. The predicted molar refractivity (Wildman–Crippen MR) is 82.2 cm³/mol. The summed E-state index contributed by atoms with van der Waals surface area (Å²) in [4.78, 5) is 23.2. The van der Waals surface area contributed by atoms with Crippen molar-refractivity contribution in [3.63, 3.8) is 0 Å². The first kappa shape index (κ1) is 17.0. The van der Waals surface area contributed by atoms with Gasteiger partial charge in [-0.3, -0.25) is 9.59 Å². The second-order valence-electron chi connectivity index (χ2n) is 4.72. The number of halogens is 2. The molecule has 0 saturated heterocycles. The van der Waals surface area contributed by atoms with Crippen LogP contribution in [0.2, 0.25) is 5.15 Å². The summed E-state index contributed by atoms with van der Waals surface area (Å²) in [5, 5.41) is 6.90. The van der Waals surface area contributed by atoms with E-state index in [-0.39, 0.29) is 29.5 Å². The van der Waals surface area contributed by atoms with Crippen LogP contribution in [0.5, 0.6) is 0 Å². The second-order valence-corrected chi connectivity index (χ2v) is 5.08. The summed E-state index contributed by atoms with van der Waals surface area (Å²) >= 11 is 6.22. The van der Waals surface area contributed by atoms with E-state index in [0.717, 1.165) is 0 Å². The highest BCUT2D eigenvalue weighted by atomic mass is 35.5. The Hall–Kier alpha value is -2.41. The number of aryl methyl sites for hydroxylation is 1. The van der Waals surface area contributed by atoms with E-state index in [4.69, 9.17) is 11.6 Å². The molecule has 0 fully saturated rings. The molecule has 2 rings (SSSR count). The largest absolute Gasteiger partial charge is 0.469 e. The van der Waals surface area contributed by atoms with E-state index in [1.54, 1.807) is 6.92 Å². The molecule has 1 N–H and O–H groups in total. The molecule has 0 radical (unpaired) electrons. The summed E-state index contributed by atoms with van der Waals surface area (Å²) in [5.74, 6) is -1.24. The number of nitrogens with zero attached hydrogens (tertiary/aromatic N) is 2. The van der Waals surface area contributed by atoms with Gasteiger partial charge in [0.25, 0.3) is 5.91 Å². The van der Waals surface area contributed by atoms with Crippen molar-refractivity contribution in [1.82, 2.24) is 15.1 Å². The molecule has 23 heavy (non-hydrogen) atoms. The Labute approximate surface area is 137 Å². The molecule has 0 aliphatic heterocycles. The molecule has 8 heteroatoms. The number of rotatable bonds is 5. The number of benzene rings is 1. The van der Waals surface area contributed by atoms with Crippen molar-refractivity contribution >= 4 is 23.5 Å². The van der Waals surface area contributed by atoms with E-state index in [0.29, 0.717) is 11.4 Å². The van der Waals surface area contributed by atoms with Gasteiger partial charge in [-0.2, -0.15) is 5.10 Å². The molecule has 1 heterocycles. The molecule has 6 nitrogen and oxygen atoms in total. The van der Waals surface area contributed by atoms with Gasteiger partial charge >= 0.3 is 5.97 Å². The van der Waals surface area contributed by atoms with E-state index in [1.807, 2.05) is 0 Å². The van der Waals surface area contributed by atoms with Crippen LogP contribution in [-0.2, 0) is 9.53 Å². The standard InChI is InChI=1S/C15H15ClFN3O3/c1-9-13(15(22)18-8-7-12(21)23-2)14(16)20(19-9)11-5-3-10(17)4-6-11/h3-6H,7-8H2,1-2H3,(H,18,22). The Morgan fingerprint density at radius 2 is 2.00 bits per heavy atom. The molecule has 1 amide bonds. The van der Waals surface area contributed by atoms with Crippen LogP contribution in [0.3, 0.4) is 0 Å². The van der Waals surface area contributed by atoms with Crippen molar-refractivity contribution in [2.75, 3.05) is 13.7 Å². The third-order valence-electron chi connectivity index (χ3n) is 3.14. The van der Waals surface area contributed by atoms with E-state index < -0.39 is 11.9 Å². The van der Waals surface area contributed by atoms with Crippen LogP contribution in [0.1, 0.15) is 22.5 Å². The number of ether oxygens (including phenoxy) is 1. The third kappa shape index (κ3) is 3.87. The number of hydrogen-bond acceptors (Lipinski definition) is 4. The molecule has 1 aromatic carbocycles. The average molecular weight is 340 g/mol. The molecule has 0 bridgehead atoms. The predicted octanol–water partition coefficient (Wildman–Crippen LogP) is 2.27. The number of hydrogen-bond donors (Lipinski definition) is 1. The van der Waals surface area contributed by atoms with Gasteiger partial charge in [-0.25, -0.2) is 9.07 Å². The zero-order chi connectivity index (χ0) is 17.0. The van der Waals surface area contributed by atoms with E-state index in [2.05, 4.69) is 15.2 Å². The lowest BCUT2D eigenvalue weighted by Crippen LogP contribution is -2.26. The maximum atomic E-state index is 13.0. The quantitative estimate of drug-likeness (QED) is 0.848. The highest BCUT2D eigenvalue weighted by Gasteiger charge is 2.21. The maximum absolute atomic E-state index is 13.0. The Morgan fingerprint density at radius 3 is 2.61 bits per heavy atom. The molecule has 0 aliphatic carbocycles. The van der Waals surface area contributed by atoms with Gasteiger partial charge < -0.3 is 10.1 Å². The minimum absolute atomic E-state index is 0.0605. The molecule has 122 valence electrons. The first-order chi connectivity index (χ1) is 10.9. The Bertz CT molecular complexity index is 728. The van der Waals surface area contributed by atoms with Crippen LogP contribution < -0.4 is 5.32 Å². The van der Waals surface area contributed by atoms with Gasteiger partial charge in [0.05, 0.1) is 30.5 Å². The summed E-state index contributed by atoms with van der Waals surface area (Å²) in [5.41, 5.74) is 1.17. The number of amides is 1. The SMILES string of the molecule is COC(=O)CCNC(=O)c1c(C)nn(-c2ccc(F)cc2)c1Cl. The normalized spacial score (nSPS) is 10.4. The fourth-order valence-corrected chi connectivity index (χ4v) is 2.34. The first-order valence-electron chi connectivity index (χ1n) is 6.80. The fraction of sp³-hybridized carbons (Fsp3) is 0.267. The van der Waals surface area contributed by atoms with E-state index >= 15 is 0 Å². The number of aromatic nitrogens is 2. The van der Waals surface area contributed by atoms with Crippen molar-refractivity contribution < 1.29 is 18.7 Å². The van der Waals surface area contributed by atoms with Crippen molar-refractivity contribution in [2.45, 2.75) is 13.3 Å². The van der Waals surface area contributed by atoms with Gasteiger partial charge in [0, 0.05) is 6.54 Å². The fourth-order valence-electron chi connectivity index (χ4n) is 1.98. The number of methoxy groups -OCH3 is 1. The van der Waals surface area contributed by atoms with Crippen LogP contribution in [0, 0.1) is 12.7 Å². The summed E-state index contributed by atoms with van der Waals surface area (Å²) in [6, 6.07) is 5.57. The third-order valence-corrected chi connectivity index (χ3v) is 3.49. The summed E-state index contributed by atoms with van der Waals surface area (Å²) in [7, 11) is 1.28. The maximum Gasteiger partial charge on any atom is 0.307 e. The number of carbonyl (C=O) groups excluding carboxylic acids is 2. The topological polar surface area (TPSA) is 73.2 Å². The molecular weight excluding hydrogens is 325 g/mol. The number of nitrogens with one attached hydrogen (secondary N) is 1. The monoisotopic (exact) mass is 339 g/mol. The lowest BCUT2D eigenvalue weighted by Gasteiger charge is -2.05. The molecule has 0 aliphatic rings. The van der Waals surface area contributed by atoms with Gasteiger partial charge in [-0.05, 0) is 31.2 Å². The van der Waals surface area contributed by atoms with Crippen molar-refractivity contribution in [1.29, 1.82) is 0 Å². The Morgan fingerprint density at radius 1 is 1.35 bits per heavy atom. The van der Waals surface area contributed by atoms with Crippen molar-refractivity contribution in [2.24, 2.45) is 0 Å². The minimum atomic E-state index is -0.440. The Balaban J connectivity index is 2.18. The smallest absolute Gasteiger partial charge is 0.307 e. The van der Waals surface area contributed by atoms with Gasteiger partial charge in [0.1, 0.15) is 11.0 Å². The Kier molecular flexibility index (Phi) is 5.33. The van der Waals surface area contributed by atoms with Crippen molar-refractivity contribution in [3.8, 4) is 5.69 Å². The molecule has 0 unspecified atom stereocenters. The minimum Gasteiger partial charge on any atom is -0.469 e. The zero-order valence-corrected chi connectivity index (χ0v) is 13.4. The van der Waals surface area contributed by atoms with Crippen LogP contribution >= 0.6 is 11.6 Å². The molecular formula is C15H15ClFN3O3. The van der Waals surface area contributed by atoms with Crippen LogP contribution in [-0.4, -0.2) is 35.3 Å². The van der Waals surface area contributed by atoms with E-state index in [1.165, 1.54) is 36.1 Å². The number of esters is 1. The summed E-state index contributed by atoms with van der Waals surface area (Å²) in [6.45, 7) is 1.77. The van der Waals surface area contributed by atoms with E-state index in [9.17, 15) is 14.0 Å².